The van der Waals surface area contributed by atoms with Gasteiger partial charge in [0, 0.05) is 16.2 Å². The van der Waals surface area contributed by atoms with Crippen LogP contribution in [0.5, 0.6) is 11.5 Å². The van der Waals surface area contributed by atoms with Gasteiger partial charge in [-0.05, 0) is 17.0 Å². The summed E-state index contributed by atoms with van der Waals surface area (Å²) < 4.78 is 0.821. The monoisotopic (exact) mass is 223 g/mol. The normalized spacial score (nSPS) is 10.7. The summed E-state index contributed by atoms with van der Waals surface area (Å²) in [5.41, 5.74) is 5.87. The molecule has 5 heteroatoms. The standard InChI is InChI=1S/C10H9NO3S/c11-10(14)1-5-4-15-9-3-8(13)7(12)2-6(5)9/h2-4,12-13H,1H2,(H2,11,14). The van der Waals surface area contributed by atoms with Crippen LogP contribution < -0.4 is 5.73 Å². The van der Waals surface area contributed by atoms with E-state index in [0.717, 1.165) is 15.6 Å². The summed E-state index contributed by atoms with van der Waals surface area (Å²) in [6.07, 6.45) is 0.143. The molecule has 0 aliphatic rings. The Morgan fingerprint density at radius 3 is 2.67 bits per heavy atom. The zero-order valence-corrected chi connectivity index (χ0v) is 8.54. The van der Waals surface area contributed by atoms with Gasteiger partial charge in [0.05, 0.1) is 6.42 Å². The Bertz CT molecular complexity index is 533. The van der Waals surface area contributed by atoms with Crippen LogP contribution in [0.25, 0.3) is 10.1 Å². The first-order valence-corrected chi connectivity index (χ1v) is 5.16. The number of carbonyl (C=O) groups excluding carboxylic acids is 1. The van der Waals surface area contributed by atoms with Crippen molar-refractivity contribution >= 4 is 27.3 Å². The number of carbonyl (C=O) groups is 1. The quantitative estimate of drug-likeness (QED) is 0.672. The second kappa shape index (κ2) is 3.43. The molecule has 0 spiro atoms. The summed E-state index contributed by atoms with van der Waals surface area (Å²) >= 11 is 1.40. The number of benzene rings is 1. The molecule has 0 aliphatic heterocycles. The molecule has 1 amide bonds. The van der Waals surface area contributed by atoms with E-state index in [1.165, 1.54) is 23.5 Å². The van der Waals surface area contributed by atoms with Crippen molar-refractivity contribution in [2.45, 2.75) is 6.42 Å². The summed E-state index contributed by atoms with van der Waals surface area (Å²) in [4.78, 5) is 10.8. The van der Waals surface area contributed by atoms with Gasteiger partial charge in [0.25, 0.3) is 0 Å². The number of hydrogen-bond donors (Lipinski definition) is 3. The number of hydrogen-bond acceptors (Lipinski definition) is 4. The van der Waals surface area contributed by atoms with Gasteiger partial charge in [-0.2, -0.15) is 0 Å². The molecule has 4 nitrogen and oxygen atoms in total. The van der Waals surface area contributed by atoms with E-state index in [9.17, 15) is 15.0 Å². The first-order chi connectivity index (χ1) is 7.08. The first kappa shape index (κ1) is 9.79. The lowest BCUT2D eigenvalue weighted by Crippen LogP contribution is -2.13. The fourth-order valence-electron chi connectivity index (χ4n) is 1.43. The highest BCUT2D eigenvalue weighted by atomic mass is 32.1. The fourth-order valence-corrected chi connectivity index (χ4v) is 2.40. The maximum Gasteiger partial charge on any atom is 0.221 e. The maximum absolute atomic E-state index is 10.8. The second-order valence-electron chi connectivity index (χ2n) is 3.24. The van der Waals surface area contributed by atoms with Crippen LogP contribution in [0.2, 0.25) is 0 Å². The molecule has 0 atom stereocenters. The van der Waals surface area contributed by atoms with E-state index in [4.69, 9.17) is 5.73 Å². The van der Waals surface area contributed by atoms with Gasteiger partial charge < -0.3 is 15.9 Å². The van der Waals surface area contributed by atoms with Gasteiger partial charge in [-0.3, -0.25) is 4.79 Å². The number of amides is 1. The molecule has 0 aliphatic carbocycles. The predicted octanol–water partition coefficient (Wildman–Crippen LogP) is 1.34. The number of nitrogens with two attached hydrogens (primary N) is 1. The molecular weight excluding hydrogens is 214 g/mol. The van der Waals surface area contributed by atoms with Crippen LogP contribution in [0.3, 0.4) is 0 Å². The van der Waals surface area contributed by atoms with E-state index < -0.39 is 5.91 Å². The lowest BCUT2D eigenvalue weighted by atomic mass is 10.1. The van der Waals surface area contributed by atoms with Crippen molar-refractivity contribution in [2.24, 2.45) is 5.73 Å². The molecule has 1 heterocycles. The number of thiophene rings is 1. The van der Waals surface area contributed by atoms with E-state index in [1.807, 2.05) is 0 Å². The zero-order valence-electron chi connectivity index (χ0n) is 7.73. The van der Waals surface area contributed by atoms with Gasteiger partial charge in [-0.1, -0.05) is 0 Å². The van der Waals surface area contributed by atoms with E-state index in [1.54, 1.807) is 5.38 Å². The maximum atomic E-state index is 10.8. The molecule has 0 fully saturated rings. The molecule has 78 valence electrons. The predicted molar refractivity (Wildman–Crippen MR) is 58.1 cm³/mol. The van der Waals surface area contributed by atoms with E-state index >= 15 is 0 Å². The second-order valence-corrected chi connectivity index (χ2v) is 4.15. The van der Waals surface area contributed by atoms with Gasteiger partial charge in [0.2, 0.25) is 5.91 Å². The number of fused-ring (bicyclic) bond motifs is 1. The minimum Gasteiger partial charge on any atom is -0.504 e. The lowest BCUT2D eigenvalue weighted by molar-refractivity contribution is -0.117. The molecule has 4 N–H and O–H groups in total. The number of rotatable bonds is 2. The Balaban J connectivity index is 2.59. The lowest BCUT2D eigenvalue weighted by Gasteiger charge is -1.99. The summed E-state index contributed by atoms with van der Waals surface area (Å²) in [6.45, 7) is 0. The van der Waals surface area contributed by atoms with Gasteiger partial charge in [0.1, 0.15) is 0 Å². The van der Waals surface area contributed by atoms with Crippen LogP contribution in [0, 0.1) is 0 Å². The molecular formula is C10H9NO3S. The van der Waals surface area contributed by atoms with Crippen LogP contribution in [0.4, 0.5) is 0 Å². The molecule has 1 aromatic heterocycles. The third kappa shape index (κ3) is 1.73. The van der Waals surface area contributed by atoms with E-state index in [-0.39, 0.29) is 17.9 Å². The van der Waals surface area contributed by atoms with E-state index in [0.29, 0.717) is 0 Å². The Kier molecular flexibility index (Phi) is 2.24. The molecule has 2 aromatic rings. The summed E-state index contributed by atoms with van der Waals surface area (Å²) in [5, 5.41) is 21.2. The zero-order chi connectivity index (χ0) is 11.0. The highest BCUT2D eigenvalue weighted by Crippen LogP contribution is 2.35. The van der Waals surface area contributed by atoms with Crippen molar-refractivity contribution in [3.05, 3.63) is 23.1 Å². The summed E-state index contributed by atoms with van der Waals surface area (Å²) in [5.74, 6) is -0.760. The van der Waals surface area contributed by atoms with E-state index in [2.05, 4.69) is 0 Å². The SMILES string of the molecule is NC(=O)Cc1csc2cc(O)c(O)cc12. The van der Waals surface area contributed by atoms with Crippen molar-refractivity contribution < 1.29 is 15.0 Å². The molecule has 1 aromatic carbocycles. The molecule has 0 unspecified atom stereocenters. The van der Waals surface area contributed by atoms with Crippen molar-refractivity contribution in [3.8, 4) is 11.5 Å². The molecule has 15 heavy (non-hydrogen) atoms. The van der Waals surface area contributed by atoms with Crippen LogP contribution in [-0.2, 0) is 11.2 Å². The number of primary amides is 1. The molecule has 0 saturated carbocycles. The first-order valence-electron chi connectivity index (χ1n) is 4.28. The minimum atomic E-state index is -0.415. The van der Waals surface area contributed by atoms with Crippen molar-refractivity contribution in [1.82, 2.24) is 0 Å². The molecule has 0 radical (unpaired) electrons. The average molecular weight is 223 g/mol. The van der Waals surface area contributed by atoms with Crippen molar-refractivity contribution in [2.75, 3.05) is 0 Å². The number of aromatic hydroxyl groups is 2. The highest BCUT2D eigenvalue weighted by molar-refractivity contribution is 7.17. The summed E-state index contributed by atoms with van der Waals surface area (Å²) in [7, 11) is 0. The van der Waals surface area contributed by atoms with Gasteiger partial charge in [-0.15, -0.1) is 11.3 Å². The Labute approximate surface area is 89.6 Å². The van der Waals surface area contributed by atoms with Gasteiger partial charge in [-0.25, -0.2) is 0 Å². The molecule has 0 saturated heterocycles. The Morgan fingerprint density at radius 2 is 2.00 bits per heavy atom. The number of phenols is 2. The fraction of sp³-hybridized carbons (Fsp3) is 0.100. The largest absolute Gasteiger partial charge is 0.504 e. The Hall–Kier alpha value is -1.75. The van der Waals surface area contributed by atoms with Crippen LogP contribution in [-0.4, -0.2) is 16.1 Å². The van der Waals surface area contributed by atoms with Crippen LogP contribution in [0.15, 0.2) is 17.5 Å². The van der Waals surface area contributed by atoms with Gasteiger partial charge in [0.15, 0.2) is 11.5 Å². The average Bonchev–Trinajstić information content (AvgIpc) is 2.49. The smallest absolute Gasteiger partial charge is 0.221 e. The number of phenolic OH excluding ortho intramolecular Hbond substituents is 2. The van der Waals surface area contributed by atoms with Crippen molar-refractivity contribution in [3.63, 3.8) is 0 Å². The van der Waals surface area contributed by atoms with Gasteiger partial charge >= 0.3 is 0 Å². The highest BCUT2D eigenvalue weighted by Gasteiger charge is 2.10. The van der Waals surface area contributed by atoms with Crippen molar-refractivity contribution in [1.29, 1.82) is 0 Å². The summed E-state index contributed by atoms with van der Waals surface area (Å²) in [6, 6.07) is 2.92. The van der Waals surface area contributed by atoms with Crippen LogP contribution in [0.1, 0.15) is 5.56 Å². The third-order valence-corrected chi connectivity index (χ3v) is 3.11. The molecule has 0 bridgehead atoms. The topological polar surface area (TPSA) is 83.6 Å². The third-order valence-electron chi connectivity index (χ3n) is 2.12. The minimum absolute atomic E-state index is 0.143. The Morgan fingerprint density at radius 1 is 1.33 bits per heavy atom. The molecule has 2 rings (SSSR count). The van der Waals surface area contributed by atoms with Crippen LogP contribution >= 0.6 is 11.3 Å².